The molecule has 0 aromatic carbocycles. The van der Waals surface area contributed by atoms with Crippen molar-refractivity contribution in [1.82, 2.24) is 0 Å². The Bertz CT molecular complexity index is 531. The van der Waals surface area contributed by atoms with Crippen LogP contribution in [0, 0.1) is 40.4 Å². The summed E-state index contributed by atoms with van der Waals surface area (Å²) < 4.78 is 0. The first kappa shape index (κ1) is 17.0. The Morgan fingerprint density at radius 2 is 1.54 bits per heavy atom. The maximum absolute atomic E-state index is 12.2. The van der Waals surface area contributed by atoms with Crippen molar-refractivity contribution in [2.24, 2.45) is 40.4 Å². The number of hydrogen-bond acceptors (Lipinski definition) is 3. The topological polar surface area (TPSA) is 57.5 Å². The number of aliphatic hydroxyl groups excluding tert-OH is 2. The molecular formula is C21H34O3. The highest BCUT2D eigenvalue weighted by Crippen LogP contribution is 2.67. The van der Waals surface area contributed by atoms with Gasteiger partial charge in [-0.2, -0.15) is 0 Å². The maximum Gasteiger partial charge on any atom is 0.133 e. The van der Waals surface area contributed by atoms with Gasteiger partial charge < -0.3 is 10.2 Å². The van der Waals surface area contributed by atoms with Crippen molar-refractivity contribution >= 4 is 5.78 Å². The van der Waals surface area contributed by atoms with Crippen LogP contribution in [0.2, 0.25) is 0 Å². The molecule has 0 saturated heterocycles. The fraction of sp³-hybridized carbons (Fsp3) is 0.952. The van der Waals surface area contributed by atoms with Crippen molar-refractivity contribution in [3.8, 4) is 0 Å². The molecule has 4 aliphatic rings. The molecular weight excluding hydrogens is 300 g/mol. The molecule has 4 fully saturated rings. The van der Waals surface area contributed by atoms with E-state index < -0.39 is 0 Å². The lowest BCUT2D eigenvalue weighted by Crippen LogP contribution is -2.58. The number of Topliss-reactive ketones (excluding diaryl/α,β-unsaturated/α-hetero) is 1. The van der Waals surface area contributed by atoms with Gasteiger partial charge in [0.15, 0.2) is 0 Å². The van der Waals surface area contributed by atoms with E-state index in [1.807, 2.05) is 0 Å². The predicted octanol–water partition coefficient (Wildman–Crippen LogP) is 3.57. The minimum Gasteiger partial charge on any atom is -0.393 e. The first-order chi connectivity index (χ1) is 11.3. The first-order valence-corrected chi connectivity index (χ1v) is 10.1. The van der Waals surface area contributed by atoms with Crippen LogP contribution in [-0.2, 0) is 4.79 Å². The van der Waals surface area contributed by atoms with Gasteiger partial charge in [0.1, 0.15) is 5.78 Å². The molecule has 136 valence electrons. The third-order valence-electron chi connectivity index (χ3n) is 9.14. The van der Waals surface area contributed by atoms with Crippen LogP contribution in [0.4, 0.5) is 0 Å². The zero-order valence-corrected chi connectivity index (χ0v) is 15.5. The highest BCUT2D eigenvalue weighted by Gasteiger charge is 2.62. The molecule has 2 N–H and O–H groups in total. The Hall–Kier alpha value is -0.410. The van der Waals surface area contributed by atoms with E-state index in [0.717, 1.165) is 38.5 Å². The average Bonchev–Trinajstić information content (AvgIpc) is 2.87. The summed E-state index contributed by atoms with van der Waals surface area (Å²) in [5.74, 6) is 2.71. The smallest absolute Gasteiger partial charge is 0.133 e. The number of rotatable bonds is 1. The van der Waals surface area contributed by atoms with Gasteiger partial charge in [0.05, 0.1) is 12.2 Å². The highest BCUT2D eigenvalue weighted by molar-refractivity contribution is 5.79. The molecule has 0 aromatic heterocycles. The van der Waals surface area contributed by atoms with Crippen molar-refractivity contribution in [1.29, 1.82) is 0 Å². The van der Waals surface area contributed by atoms with Gasteiger partial charge >= 0.3 is 0 Å². The van der Waals surface area contributed by atoms with E-state index in [-0.39, 0.29) is 34.9 Å². The van der Waals surface area contributed by atoms with Crippen LogP contribution in [-0.4, -0.2) is 28.2 Å². The average molecular weight is 335 g/mol. The van der Waals surface area contributed by atoms with Gasteiger partial charge in [-0.1, -0.05) is 13.8 Å². The van der Waals surface area contributed by atoms with Gasteiger partial charge in [0, 0.05) is 5.92 Å². The SMILES string of the molecule is CC(=O)[C@@H]1CC[C@@H]2[C@H]3C[C@H](O)[C@H]4C[C@@H](O)CC[C@]4(C)[C@@H]3CC[C@]21C. The maximum atomic E-state index is 12.2. The van der Waals surface area contributed by atoms with Crippen LogP contribution in [0.25, 0.3) is 0 Å². The molecule has 4 rings (SSSR count). The van der Waals surface area contributed by atoms with E-state index in [4.69, 9.17) is 0 Å². The van der Waals surface area contributed by atoms with E-state index in [9.17, 15) is 15.0 Å². The second-order valence-corrected chi connectivity index (χ2v) is 10.0. The van der Waals surface area contributed by atoms with Crippen molar-refractivity contribution in [3.63, 3.8) is 0 Å². The zero-order chi connectivity index (χ0) is 17.3. The standard InChI is InChI=1S/C21H34O3/c1-12(22)15-4-5-16-14-11-19(24)18-10-13(23)6-8-21(18,3)17(14)7-9-20(15,16)2/h13-19,23-24H,4-11H2,1-3H3/t13-,14+,15-,16+,17+,18+,19-,20-,21+/m0/s1. The van der Waals surface area contributed by atoms with E-state index in [0.29, 0.717) is 23.5 Å². The van der Waals surface area contributed by atoms with E-state index in [1.165, 1.54) is 12.8 Å². The summed E-state index contributed by atoms with van der Waals surface area (Å²) in [7, 11) is 0. The van der Waals surface area contributed by atoms with E-state index in [2.05, 4.69) is 13.8 Å². The predicted molar refractivity (Wildman–Crippen MR) is 93.3 cm³/mol. The van der Waals surface area contributed by atoms with Crippen molar-refractivity contribution < 1.29 is 15.0 Å². The van der Waals surface area contributed by atoms with Gasteiger partial charge in [0.25, 0.3) is 0 Å². The molecule has 0 bridgehead atoms. The minimum atomic E-state index is -0.273. The second kappa shape index (κ2) is 5.54. The summed E-state index contributed by atoms with van der Waals surface area (Å²) >= 11 is 0. The number of ketones is 1. The third-order valence-corrected chi connectivity index (χ3v) is 9.14. The molecule has 3 nitrogen and oxygen atoms in total. The monoisotopic (exact) mass is 334 g/mol. The Balaban J connectivity index is 1.65. The number of hydrogen-bond donors (Lipinski definition) is 2. The largest absolute Gasteiger partial charge is 0.393 e. The molecule has 4 saturated carbocycles. The molecule has 3 heteroatoms. The quantitative estimate of drug-likeness (QED) is 0.771. The Kier molecular flexibility index (Phi) is 3.93. The van der Waals surface area contributed by atoms with Crippen LogP contribution in [0.3, 0.4) is 0 Å². The molecule has 0 radical (unpaired) electrons. The van der Waals surface area contributed by atoms with Crippen LogP contribution < -0.4 is 0 Å². The summed E-state index contributed by atoms with van der Waals surface area (Å²) in [5.41, 5.74) is 0.335. The first-order valence-electron chi connectivity index (χ1n) is 10.1. The summed E-state index contributed by atoms with van der Waals surface area (Å²) in [6, 6.07) is 0. The van der Waals surface area contributed by atoms with Gasteiger partial charge in [-0.25, -0.2) is 0 Å². The Labute approximate surface area is 146 Å². The van der Waals surface area contributed by atoms with Crippen molar-refractivity contribution in [2.75, 3.05) is 0 Å². The van der Waals surface area contributed by atoms with Crippen LogP contribution in [0.1, 0.15) is 72.1 Å². The summed E-state index contributed by atoms with van der Waals surface area (Å²) in [6.45, 7) is 6.53. The van der Waals surface area contributed by atoms with E-state index >= 15 is 0 Å². The molecule has 0 aromatic rings. The molecule has 0 unspecified atom stereocenters. The molecule has 9 atom stereocenters. The van der Waals surface area contributed by atoms with Gasteiger partial charge in [-0.3, -0.25) is 4.79 Å². The van der Waals surface area contributed by atoms with Gasteiger partial charge in [0.2, 0.25) is 0 Å². The van der Waals surface area contributed by atoms with Crippen LogP contribution >= 0.6 is 0 Å². The zero-order valence-electron chi connectivity index (χ0n) is 15.5. The molecule has 0 spiro atoms. The van der Waals surface area contributed by atoms with E-state index in [1.54, 1.807) is 6.92 Å². The van der Waals surface area contributed by atoms with Crippen molar-refractivity contribution in [3.05, 3.63) is 0 Å². The summed E-state index contributed by atoms with van der Waals surface area (Å²) in [5, 5.41) is 21.0. The number of aliphatic hydroxyl groups is 2. The summed E-state index contributed by atoms with van der Waals surface area (Å²) in [6.07, 6.45) is 7.70. The molecule has 0 amide bonds. The second-order valence-electron chi connectivity index (χ2n) is 10.0. The summed E-state index contributed by atoms with van der Waals surface area (Å²) in [4.78, 5) is 12.2. The highest BCUT2D eigenvalue weighted by atomic mass is 16.3. The minimum absolute atomic E-state index is 0.157. The molecule has 4 aliphatic carbocycles. The molecule has 0 aliphatic heterocycles. The molecule has 0 heterocycles. The van der Waals surface area contributed by atoms with Gasteiger partial charge in [-0.15, -0.1) is 0 Å². The lowest BCUT2D eigenvalue weighted by Gasteiger charge is -2.62. The lowest BCUT2D eigenvalue weighted by molar-refractivity contribution is -0.171. The fourth-order valence-corrected chi connectivity index (χ4v) is 7.95. The third kappa shape index (κ3) is 2.19. The van der Waals surface area contributed by atoms with Crippen LogP contribution in [0.15, 0.2) is 0 Å². The van der Waals surface area contributed by atoms with Crippen molar-refractivity contribution in [2.45, 2.75) is 84.3 Å². The lowest BCUT2D eigenvalue weighted by atomic mass is 9.44. The van der Waals surface area contributed by atoms with Crippen LogP contribution in [0.5, 0.6) is 0 Å². The fourth-order valence-electron chi connectivity index (χ4n) is 7.95. The number of carbonyl (C=O) groups is 1. The number of carbonyl (C=O) groups excluding carboxylic acids is 1. The molecule has 24 heavy (non-hydrogen) atoms. The Morgan fingerprint density at radius 1 is 0.875 bits per heavy atom. The van der Waals surface area contributed by atoms with Gasteiger partial charge in [-0.05, 0) is 92.8 Å². The Morgan fingerprint density at radius 3 is 2.25 bits per heavy atom. The number of fused-ring (bicyclic) bond motifs is 5. The normalized spacial score (nSPS) is 57.0.